The van der Waals surface area contributed by atoms with E-state index in [-0.39, 0.29) is 18.4 Å². The molecule has 1 aromatic heterocycles. The van der Waals surface area contributed by atoms with Crippen LogP contribution >= 0.6 is 0 Å². The minimum atomic E-state index is -4.40. The number of pyridine rings is 1. The predicted octanol–water partition coefficient (Wildman–Crippen LogP) is 1.95. The first kappa shape index (κ1) is 12.7. The molecule has 2 N–H and O–H groups in total. The largest absolute Gasteiger partial charge is 0.411 e. The topological polar surface area (TPSA) is 54.0 Å². The second-order valence-electron chi connectivity index (χ2n) is 4.21. The Hall–Kier alpha value is -1.79. The third kappa shape index (κ3) is 2.25. The van der Waals surface area contributed by atoms with E-state index in [1.165, 1.54) is 18.3 Å². The Kier molecular flexibility index (Phi) is 2.92. The Bertz CT molecular complexity index is 469. The molecular weight excluding hydrogens is 247 g/mol. The number of nitrogens with zero attached hydrogens (tertiary/aromatic N) is 1. The van der Waals surface area contributed by atoms with Crippen molar-refractivity contribution in [3.63, 3.8) is 0 Å². The molecule has 1 amide bonds. The lowest BCUT2D eigenvalue weighted by molar-refractivity contribution is -0.163. The van der Waals surface area contributed by atoms with Crippen molar-refractivity contribution in [1.29, 1.82) is 0 Å². The number of carbonyl (C=O) groups is 1. The summed E-state index contributed by atoms with van der Waals surface area (Å²) >= 11 is 0. The number of nitrogens with one attached hydrogen (secondary N) is 2. The first-order chi connectivity index (χ1) is 8.38. The Balaban J connectivity index is 2.13. The van der Waals surface area contributed by atoms with Gasteiger partial charge in [0.1, 0.15) is 11.4 Å². The lowest BCUT2D eigenvalue weighted by Crippen LogP contribution is -2.47. The average Bonchev–Trinajstić information content (AvgIpc) is 3.09. The number of anilines is 1. The lowest BCUT2D eigenvalue weighted by atomic mass is 10.2. The first-order valence-electron chi connectivity index (χ1n) is 5.41. The van der Waals surface area contributed by atoms with Crippen LogP contribution in [0.2, 0.25) is 0 Å². The number of aromatic nitrogens is 1. The van der Waals surface area contributed by atoms with Crippen molar-refractivity contribution in [2.24, 2.45) is 0 Å². The maximum absolute atomic E-state index is 12.7. The van der Waals surface area contributed by atoms with Crippen LogP contribution in [0.1, 0.15) is 23.2 Å². The number of rotatable bonds is 3. The highest BCUT2D eigenvalue weighted by atomic mass is 19.4. The fraction of sp³-hybridized carbons (Fsp3) is 0.455. The SMILES string of the molecule is CNc1cc(C(=O)NC2(C(F)(F)F)CC2)ccn1. The van der Waals surface area contributed by atoms with Crippen molar-refractivity contribution in [3.8, 4) is 0 Å². The van der Waals surface area contributed by atoms with Gasteiger partial charge in [0.2, 0.25) is 0 Å². The molecule has 2 rings (SSSR count). The van der Waals surface area contributed by atoms with E-state index in [1.807, 2.05) is 0 Å². The van der Waals surface area contributed by atoms with Crippen LogP contribution in [0, 0.1) is 0 Å². The van der Waals surface area contributed by atoms with Gasteiger partial charge in [-0.05, 0) is 25.0 Å². The zero-order valence-electron chi connectivity index (χ0n) is 9.64. The summed E-state index contributed by atoms with van der Waals surface area (Å²) in [7, 11) is 1.61. The number of alkyl halides is 3. The summed E-state index contributed by atoms with van der Waals surface area (Å²) in [5.41, 5.74) is -1.88. The van der Waals surface area contributed by atoms with E-state index >= 15 is 0 Å². The molecule has 0 atom stereocenters. The average molecular weight is 259 g/mol. The highest BCUT2D eigenvalue weighted by molar-refractivity contribution is 5.95. The van der Waals surface area contributed by atoms with Gasteiger partial charge in [0, 0.05) is 18.8 Å². The summed E-state index contributed by atoms with van der Waals surface area (Å²) in [6.45, 7) is 0. The van der Waals surface area contributed by atoms with Gasteiger partial charge in [0.25, 0.3) is 5.91 Å². The number of hydrogen-bond donors (Lipinski definition) is 2. The summed E-state index contributed by atoms with van der Waals surface area (Å²) in [5, 5.41) is 4.77. The predicted molar refractivity (Wildman–Crippen MR) is 59.3 cm³/mol. The van der Waals surface area contributed by atoms with Crippen molar-refractivity contribution in [2.75, 3.05) is 12.4 Å². The molecule has 1 aromatic rings. The molecule has 1 saturated carbocycles. The van der Waals surface area contributed by atoms with E-state index in [9.17, 15) is 18.0 Å². The molecule has 0 saturated heterocycles. The fourth-order valence-electron chi connectivity index (χ4n) is 1.60. The fourth-order valence-corrected chi connectivity index (χ4v) is 1.60. The Labute approximate surface area is 102 Å². The molecule has 18 heavy (non-hydrogen) atoms. The second kappa shape index (κ2) is 4.15. The van der Waals surface area contributed by atoms with Gasteiger partial charge in [-0.2, -0.15) is 13.2 Å². The third-order valence-corrected chi connectivity index (χ3v) is 2.92. The highest BCUT2D eigenvalue weighted by Crippen LogP contribution is 2.49. The van der Waals surface area contributed by atoms with Crippen LogP contribution in [0.15, 0.2) is 18.3 Å². The maximum atomic E-state index is 12.7. The van der Waals surface area contributed by atoms with Gasteiger partial charge in [0.05, 0.1) is 0 Å². The number of halogens is 3. The standard InChI is InChI=1S/C11H12F3N3O/c1-15-8-6-7(2-5-16-8)9(18)17-10(3-4-10)11(12,13)14/h2,5-6H,3-4H2,1H3,(H,15,16)(H,17,18). The van der Waals surface area contributed by atoms with Crippen LogP contribution < -0.4 is 10.6 Å². The Morgan fingerprint density at radius 1 is 1.44 bits per heavy atom. The normalized spacial score (nSPS) is 17.1. The van der Waals surface area contributed by atoms with Crippen molar-refractivity contribution < 1.29 is 18.0 Å². The van der Waals surface area contributed by atoms with Gasteiger partial charge in [-0.15, -0.1) is 0 Å². The molecule has 1 aliphatic carbocycles. The first-order valence-corrected chi connectivity index (χ1v) is 5.41. The second-order valence-corrected chi connectivity index (χ2v) is 4.21. The molecule has 0 aromatic carbocycles. The number of amides is 1. The Morgan fingerprint density at radius 3 is 2.61 bits per heavy atom. The Morgan fingerprint density at radius 2 is 2.11 bits per heavy atom. The maximum Gasteiger partial charge on any atom is 0.411 e. The zero-order chi connectivity index (χ0) is 13.4. The van der Waals surface area contributed by atoms with Gasteiger partial charge in [0.15, 0.2) is 0 Å². The van der Waals surface area contributed by atoms with E-state index in [1.54, 1.807) is 7.05 Å². The molecule has 0 bridgehead atoms. The summed E-state index contributed by atoms with van der Waals surface area (Å²) < 4.78 is 38.0. The third-order valence-electron chi connectivity index (χ3n) is 2.92. The quantitative estimate of drug-likeness (QED) is 0.872. The molecule has 0 radical (unpaired) electrons. The van der Waals surface area contributed by atoms with Crippen molar-refractivity contribution >= 4 is 11.7 Å². The minimum Gasteiger partial charge on any atom is -0.373 e. The molecule has 1 heterocycles. The van der Waals surface area contributed by atoms with E-state index in [0.29, 0.717) is 5.82 Å². The lowest BCUT2D eigenvalue weighted by Gasteiger charge is -2.20. The summed E-state index contributed by atoms with van der Waals surface area (Å²) in [4.78, 5) is 15.6. The van der Waals surface area contributed by atoms with Crippen LogP contribution in [0.5, 0.6) is 0 Å². The van der Waals surface area contributed by atoms with E-state index in [2.05, 4.69) is 15.6 Å². The van der Waals surface area contributed by atoms with Gasteiger partial charge in [-0.3, -0.25) is 4.79 Å². The van der Waals surface area contributed by atoms with Crippen LogP contribution in [0.25, 0.3) is 0 Å². The summed E-state index contributed by atoms with van der Waals surface area (Å²) in [6.07, 6.45) is -3.16. The van der Waals surface area contributed by atoms with Gasteiger partial charge >= 0.3 is 6.18 Å². The molecular formula is C11H12F3N3O. The molecule has 0 unspecified atom stereocenters. The summed E-state index contributed by atoms with van der Waals surface area (Å²) in [6, 6.07) is 2.78. The van der Waals surface area contributed by atoms with Crippen LogP contribution in [0.4, 0.5) is 19.0 Å². The van der Waals surface area contributed by atoms with Gasteiger partial charge in [-0.1, -0.05) is 0 Å². The monoisotopic (exact) mass is 259 g/mol. The molecule has 1 aliphatic rings. The van der Waals surface area contributed by atoms with E-state index < -0.39 is 17.6 Å². The van der Waals surface area contributed by atoms with Crippen molar-refractivity contribution in [2.45, 2.75) is 24.6 Å². The smallest absolute Gasteiger partial charge is 0.373 e. The minimum absolute atomic E-state index is 0.0633. The van der Waals surface area contributed by atoms with Crippen LogP contribution in [-0.2, 0) is 0 Å². The van der Waals surface area contributed by atoms with E-state index in [4.69, 9.17) is 0 Å². The molecule has 0 aliphatic heterocycles. The van der Waals surface area contributed by atoms with E-state index in [0.717, 1.165) is 0 Å². The van der Waals surface area contributed by atoms with Crippen molar-refractivity contribution in [3.05, 3.63) is 23.9 Å². The molecule has 4 nitrogen and oxygen atoms in total. The molecule has 7 heteroatoms. The van der Waals surface area contributed by atoms with Gasteiger partial charge in [-0.25, -0.2) is 4.98 Å². The molecule has 1 fully saturated rings. The van der Waals surface area contributed by atoms with Crippen molar-refractivity contribution in [1.82, 2.24) is 10.3 Å². The molecule has 98 valence electrons. The zero-order valence-corrected chi connectivity index (χ0v) is 9.64. The summed E-state index contributed by atoms with van der Waals surface area (Å²) in [5.74, 6) is -0.303. The van der Waals surface area contributed by atoms with Gasteiger partial charge < -0.3 is 10.6 Å². The number of hydrogen-bond acceptors (Lipinski definition) is 3. The van der Waals surface area contributed by atoms with Crippen LogP contribution in [0.3, 0.4) is 0 Å². The number of carbonyl (C=O) groups excluding carboxylic acids is 1. The highest BCUT2D eigenvalue weighted by Gasteiger charge is 2.64. The molecule has 0 spiro atoms. The van der Waals surface area contributed by atoms with Crippen LogP contribution in [-0.4, -0.2) is 29.7 Å².